The molecule has 35 heavy (non-hydrogen) atoms. The van der Waals surface area contributed by atoms with Crippen LogP contribution in [0.2, 0.25) is 0 Å². The van der Waals surface area contributed by atoms with Gasteiger partial charge in [0, 0.05) is 23.7 Å². The van der Waals surface area contributed by atoms with E-state index in [9.17, 15) is 9.90 Å². The fourth-order valence-electron chi connectivity index (χ4n) is 9.13. The van der Waals surface area contributed by atoms with E-state index in [1.807, 2.05) is 25.1 Å². The van der Waals surface area contributed by atoms with E-state index in [-0.39, 0.29) is 23.7 Å². The quantitative estimate of drug-likeness (QED) is 0.587. The van der Waals surface area contributed by atoms with Crippen molar-refractivity contribution in [1.82, 2.24) is 9.97 Å². The number of pyridine rings is 2. The first-order chi connectivity index (χ1) is 16.9. The summed E-state index contributed by atoms with van der Waals surface area (Å²) in [7, 11) is 0. The maximum absolute atomic E-state index is 13.6. The van der Waals surface area contributed by atoms with Crippen molar-refractivity contribution in [3.63, 3.8) is 0 Å². The first kappa shape index (κ1) is 23.4. The van der Waals surface area contributed by atoms with Crippen molar-refractivity contribution in [2.75, 3.05) is 6.61 Å². The number of ether oxygens (including phenoxy) is 1. The number of aliphatic hydroxyl groups is 1. The largest absolute Gasteiger partial charge is 0.468 e. The molecule has 188 valence electrons. The Bertz CT molecular complexity index is 1090. The lowest BCUT2D eigenvalue weighted by Crippen LogP contribution is -2.55. The summed E-state index contributed by atoms with van der Waals surface area (Å²) < 4.78 is 6.01. The van der Waals surface area contributed by atoms with Crippen LogP contribution >= 0.6 is 0 Å². The van der Waals surface area contributed by atoms with Crippen LogP contribution in [0, 0.1) is 40.9 Å². The Hall–Kier alpha value is -2.01. The van der Waals surface area contributed by atoms with Gasteiger partial charge in [0.05, 0.1) is 5.60 Å². The predicted molar refractivity (Wildman–Crippen MR) is 136 cm³/mol. The summed E-state index contributed by atoms with van der Waals surface area (Å²) in [4.78, 5) is 22.4. The summed E-state index contributed by atoms with van der Waals surface area (Å²) >= 11 is 0. The van der Waals surface area contributed by atoms with E-state index >= 15 is 0 Å². The number of carbonyl (C=O) groups excluding carboxylic acids is 1. The number of nitrogens with zero attached hydrogens (tertiary/aromatic N) is 2. The van der Waals surface area contributed by atoms with Gasteiger partial charge >= 0.3 is 0 Å². The average molecular weight is 477 g/mol. The number of fused-ring (bicyclic) bond motifs is 6. The van der Waals surface area contributed by atoms with Crippen molar-refractivity contribution in [1.29, 1.82) is 0 Å². The summed E-state index contributed by atoms with van der Waals surface area (Å²) in [5.74, 6) is 4.44. The lowest BCUT2D eigenvalue weighted by Gasteiger charge is -2.60. The summed E-state index contributed by atoms with van der Waals surface area (Å²) in [6, 6.07) is 5.82. The van der Waals surface area contributed by atoms with Gasteiger partial charge in [-0.1, -0.05) is 19.4 Å². The van der Waals surface area contributed by atoms with Gasteiger partial charge in [0.25, 0.3) is 0 Å². The third-order valence-corrected chi connectivity index (χ3v) is 10.7. The summed E-state index contributed by atoms with van der Waals surface area (Å²) in [6.07, 6.45) is 14.9. The van der Waals surface area contributed by atoms with E-state index in [0.717, 1.165) is 60.8 Å². The number of ketones is 1. The monoisotopic (exact) mass is 476 g/mol. The number of aromatic nitrogens is 2. The van der Waals surface area contributed by atoms with Crippen molar-refractivity contribution in [3.05, 3.63) is 30.6 Å². The van der Waals surface area contributed by atoms with Crippen LogP contribution in [0.3, 0.4) is 0 Å². The number of rotatable bonds is 4. The maximum Gasteiger partial charge on any atom is 0.240 e. The average Bonchev–Trinajstić information content (AvgIpc) is 2.85. The zero-order chi connectivity index (χ0) is 24.2. The normalized spacial score (nSPS) is 40.9. The lowest BCUT2D eigenvalue weighted by molar-refractivity contribution is -0.149. The second kappa shape index (κ2) is 8.83. The lowest BCUT2D eigenvalue weighted by atomic mass is 9.44. The highest BCUT2D eigenvalue weighted by molar-refractivity contribution is 5.85. The Labute approximate surface area is 209 Å². The van der Waals surface area contributed by atoms with Crippen LogP contribution in [0.5, 0.6) is 5.88 Å². The van der Waals surface area contributed by atoms with Crippen molar-refractivity contribution in [3.8, 4) is 5.88 Å². The van der Waals surface area contributed by atoms with Gasteiger partial charge in [-0.25, -0.2) is 4.98 Å². The van der Waals surface area contributed by atoms with Gasteiger partial charge in [-0.05, 0) is 112 Å². The van der Waals surface area contributed by atoms with Gasteiger partial charge in [-0.2, -0.15) is 0 Å². The van der Waals surface area contributed by atoms with Crippen LogP contribution < -0.4 is 4.74 Å². The smallest absolute Gasteiger partial charge is 0.240 e. The molecule has 6 rings (SSSR count). The molecule has 4 saturated carbocycles. The highest BCUT2D eigenvalue weighted by Crippen LogP contribution is 2.63. The standard InChI is InChI=1S/C30H40N2O3/c1-29(34)13-10-21-20(17-29)8-9-23-22(21)11-14-30(2)24(23)6-3-7-25(30)26(33)18-35-28-27-19(12-16-32-28)5-4-15-31-27/h4-5,12,15-16,20-25,34H,3,6-11,13-14,17-18H2,1-2H3/t20-,21+,22-,23-,24+,25-,29-,30+/m1/s1. The van der Waals surface area contributed by atoms with Crippen LogP contribution in [0.1, 0.15) is 78.1 Å². The Morgan fingerprint density at radius 2 is 1.86 bits per heavy atom. The molecule has 1 N–H and O–H groups in total. The number of Topliss-reactive ketones (excluding diaryl/α,β-unsaturated/α-hetero) is 1. The van der Waals surface area contributed by atoms with E-state index in [4.69, 9.17) is 4.74 Å². The maximum atomic E-state index is 13.6. The van der Waals surface area contributed by atoms with Gasteiger partial charge in [-0.15, -0.1) is 0 Å². The van der Waals surface area contributed by atoms with Gasteiger partial charge in [0.15, 0.2) is 5.78 Å². The summed E-state index contributed by atoms with van der Waals surface area (Å²) in [5, 5.41) is 11.6. The molecular weight excluding hydrogens is 436 g/mol. The molecule has 4 aliphatic carbocycles. The highest BCUT2D eigenvalue weighted by Gasteiger charge is 2.57. The van der Waals surface area contributed by atoms with Gasteiger partial charge in [-0.3, -0.25) is 9.78 Å². The minimum Gasteiger partial charge on any atom is -0.468 e. The third kappa shape index (κ3) is 4.08. The molecule has 0 amide bonds. The predicted octanol–water partition coefficient (Wildman–Crippen LogP) is 5.99. The zero-order valence-electron chi connectivity index (χ0n) is 21.3. The first-order valence-corrected chi connectivity index (χ1v) is 13.9. The van der Waals surface area contributed by atoms with Gasteiger partial charge in [0.2, 0.25) is 5.88 Å². The topological polar surface area (TPSA) is 72.3 Å². The Kier molecular flexibility index (Phi) is 5.90. The van der Waals surface area contributed by atoms with Gasteiger partial charge < -0.3 is 9.84 Å². The SMILES string of the molecule is C[C@@]1(O)CC[C@H]2[C@H](CC[C@@H]3[C@@H]2CC[C@]2(C)[C@@H](C(=O)COc4nccc5cccnc45)CCC[C@@H]32)C1. The van der Waals surface area contributed by atoms with E-state index in [1.165, 1.54) is 32.1 Å². The molecule has 4 fully saturated rings. The second-order valence-corrected chi connectivity index (χ2v) is 12.6. The molecule has 0 bridgehead atoms. The van der Waals surface area contributed by atoms with Crippen LogP contribution in [0.15, 0.2) is 30.6 Å². The molecule has 0 aromatic carbocycles. The summed E-state index contributed by atoms with van der Waals surface area (Å²) in [6.45, 7) is 4.55. The van der Waals surface area contributed by atoms with E-state index in [2.05, 4.69) is 16.9 Å². The molecular formula is C30H40N2O3. The minimum absolute atomic E-state index is 0.0787. The van der Waals surface area contributed by atoms with E-state index in [1.54, 1.807) is 12.4 Å². The van der Waals surface area contributed by atoms with Crippen molar-refractivity contribution >= 4 is 16.7 Å². The Balaban J connectivity index is 1.17. The van der Waals surface area contributed by atoms with Crippen LogP contribution in [-0.4, -0.2) is 33.1 Å². The van der Waals surface area contributed by atoms with Crippen molar-refractivity contribution < 1.29 is 14.6 Å². The van der Waals surface area contributed by atoms with Crippen molar-refractivity contribution in [2.45, 2.75) is 83.7 Å². The minimum atomic E-state index is -0.464. The van der Waals surface area contributed by atoms with Crippen LogP contribution in [0.25, 0.3) is 10.9 Å². The van der Waals surface area contributed by atoms with E-state index in [0.29, 0.717) is 17.7 Å². The second-order valence-electron chi connectivity index (χ2n) is 12.6. The molecule has 0 spiro atoms. The van der Waals surface area contributed by atoms with E-state index < -0.39 is 5.60 Å². The molecule has 5 heteroatoms. The van der Waals surface area contributed by atoms with Crippen LogP contribution in [0.4, 0.5) is 0 Å². The number of hydrogen-bond donors (Lipinski definition) is 1. The van der Waals surface area contributed by atoms with Crippen molar-refractivity contribution in [2.24, 2.45) is 40.9 Å². The fourth-order valence-corrected chi connectivity index (χ4v) is 9.13. The molecule has 0 radical (unpaired) electrons. The highest BCUT2D eigenvalue weighted by atomic mass is 16.5. The molecule has 5 nitrogen and oxygen atoms in total. The first-order valence-electron chi connectivity index (χ1n) is 13.9. The zero-order valence-corrected chi connectivity index (χ0v) is 21.3. The molecule has 0 aliphatic heterocycles. The van der Waals surface area contributed by atoms with Crippen LogP contribution in [-0.2, 0) is 4.79 Å². The molecule has 0 saturated heterocycles. The molecule has 2 aromatic rings. The number of hydrogen-bond acceptors (Lipinski definition) is 5. The van der Waals surface area contributed by atoms with Gasteiger partial charge in [0.1, 0.15) is 12.1 Å². The molecule has 4 aliphatic rings. The summed E-state index contributed by atoms with van der Waals surface area (Å²) in [5.41, 5.74) is 0.338. The Morgan fingerprint density at radius 1 is 1.00 bits per heavy atom. The Morgan fingerprint density at radius 3 is 2.74 bits per heavy atom. The molecule has 2 heterocycles. The molecule has 8 atom stereocenters. The molecule has 0 unspecified atom stereocenters. The number of carbonyl (C=O) groups is 1. The fraction of sp³-hybridized carbons (Fsp3) is 0.700. The molecule has 2 aromatic heterocycles. The third-order valence-electron chi connectivity index (χ3n) is 10.7.